The maximum atomic E-state index is 5.97. The molecule has 102 valence electrons. The van der Waals surface area contributed by atoms with Gasteiger partial charge in [0.2, 0.25) is 0 Å². The van der Waals surface area contributed by atoms with Gasteiger partial charge in [0.15, 0.2) is 0 Å². The molecule has 3 nitrogen and oxygen atoms in total. The molecule has 0 spiro atoms. The molecule has 1 fully saturated rings. The molecule has 0 aromatic carbocycles. The van der Waals surface area contributed by atoms with Crippen LogP contribution in [0, 0.1) is 19.8 Å². The highest BCUT2D eigenvalue weighted by atomic mass is 16.3. The van der Waals surface area contributed by atoms with Crippen molar-refractivity contribution in [3.05, 3.63) is 23.2 Å². The van der Waals surface area contributed by atoms with Crippen LogP contribution in [0.15, 0.2) is 10.5 Å². The molecule has 0 amide bonds. The van der Waals surface area contributed by atoms with Gasteiger partial charge >= 0.3 is 0 Å². The van der Waals surface area contributed by atoms with E-state index in [0.29, 0.717) is 12.0 Å². The number of nitrogens with zero attached hydrogens (tertiary/aromatic N) is 1. The monoisotopic (exact) mass is 250 g/mol. The van der Waals surface area contributed by atoms with E-state index >= 15 is 0 Å². The smallest absolute Gasteiger partial charge is 0.121 e. The Kier molecular flexibility index (Phi) is 4.46. The third kappa shape index (κ3) is 3.15. The first-order chi connectivity index (χ1) is 8.58. The molecule has 1 N–H and O–H groups in total. The first-order valence-electron chi connectivity index (χ1n) is 7.09. The van der Waals surface area contributed by atoms with Crippen LogP contribution in [0.4, 0.5) is 0 Å². The maximum absolute atomic E-state index is 5.97. The zero-order valence-electron chi connectivity index (χ0n) is 12.1. The SMILES string of the molecule is Cc1cc([C@H](CC(C)C)N2CCNCC2)oc1C. The van der Waals surface area contributed by atoms with Crippen LogP contribution in [-0.4, -0.2) is 31.1 Å². The molecular weight excluding hydrogens is 224 g/mol. The summed E-state index contributed by atoms with van der Waals surface area (Å²) < 4.78 is 5.97. The second-order valence-corrected chi connectivity index (χ2v) is 5.82. The van der Waals surface area contributed by atoms with Crippen molar-refractivity contribution < 1.29 is 4.42 Å². The largest absolute Gasteiger partial charge is 0.464 e. The number of hydrogen-bond acceptors (Lipinski definition) is 3. The molecule has 0 unspecified atom stereocenters. The number of furan rings is 1. The van der Waals surface area contributed by atoms with E-state index in [0.717, 1.165) is 37.7 Å². The highest BCUT2D eigenvalue weighted by Crippen LogP contribution is 2.30. The van der Waals surface area contributed by atoms with E-state index in [1.807, 2.05) is 0 Å². The Morgan fingerprint density at radius 1 is 1.28 bits per heavy atom. The highest BCUT2D eigenvalue weighted by Gasteiger charge is 2.25. The van der Waals surface area contributed by atoms with Crippen molar-refractivity contribution in [2.45, 2.75) is 40.2 Å². The Hall–Kier alpha value is -0.800. The fraction of sp³-hybridized carbons (Fsp3) is 0.733. The summed E-state index contributed by atoms with van der Waals surface area (Å²) >= 11 is 0. The molecule has 2 heterocycles. The lowest BCUT2D eigenvalue weighted by molar-refractivity contribution is 0.135. The zero-order chi connectivity index (χ0) is 13.1. The quantitative estimate of drug-likeness (QED) is 0.890. The molecule has 1 aromatic rings. The number of nitrogens with one attached hydrogen (secondary N) is 1. The van der Waals surface area contributed by atoms with Gasteiger partial charge in [0.05, 0.1) is 6.04 Å². The van der Waals surface area contributed by atoms with Gasteiger partial charge in [0, 0.05) is 26.2 Å². The Balaban J connectivity index is 2.17. The number of hydrogen-bond donors (Lipinski definition) is 1. The molecule has 0 saturated carbocycles. The van der Waals surface area contributed by atoms with E-state index in [1.165, 1.54) is 12.0 Å². The Morgan fingerprint density at radius 3 is 2.44 bits per heavy atom. The van der Waals surface area contributed by atoms with Crippen molar-refractivity contribution in [1.82, 2.24) is 10.2 Å². The summed E-state index contributed by atoms with van der Waals surface area (Å²) in [6.45, 7) is 13.2. The molecule has 1 atom stereocenters. The van der Waals surface area contributed by atoms with Gasteiger partial charge < -0.3 is 9.73 Å². The van der Waals surface area contributed by atoms with E-state index in [2.05, 4.69) is 44.0 Å². The summed E-state index contributed by atoms with van der Waals surface area (Å²) in [4.78, 5) is 2.56. The minimum Gasteiger partial charge on any atom is -0.464 e. The molecule has 18 heavy (non-hydrogen) atoms. The van der Waals surface area contributed by atoms with Crippen molar-refractivity contribution in [3.8, 4) is 0 Å². The fourth-order valence-electron chi connectivity index (χ4n) is 2.65. The third-order valence-electron chi connectivity index (χ3n) is 3.80. The fourth-order valence-corrected chi connectivity index (χ4v) is 2.65. The van der Waals surface area contributed by atoms with Crippen LogP contribution in [0.1, 0.15) is 43.4 Å². The van der Waals surface area contributed by atoms with Crippen LogP contribution in [0.5, 0.6) is 0 Å². The van der Waals surface area contributed by atoms with Gasteiger partial charge in [-0.25, -0.2) is 0 Å². The second-order valence-electron chi connectivity index (χ2n) is 5.82. The van der Waals surface area contributed by atoms with Gasteiger partial charge in [-0.15, -0.1) is 0 Å². The van der Waals surface area contributed by atoms with Gasteiger partial charge in [0.1, 0.15) is 11.5 Å². The topological polar surface area (TPSA) is 28.4 Å². The standard InChI is InChI=1S/C15H26N2O/c1-11(2)9-14(17-7-5-16-6-8-17)15-10-12(3)13(4)18-15/h10-11,14,16H,5-9H2,1-4H3/t14-/m0/s1. The minimum atomic E-state index is 0.444. The molecule has 0 radical (unpaired) electrons. The third-order valence-corrected chi connectivity index (χ3v) is 3.80. The Labute approximate surface area is 111 Å². The van der Waals surface area contributed by atoms with Gasteiger partial charge in [0.25, 0.3) is 0 Å². The minimum absolute atomic E-state index is 0.444. The second kappa shape index (κ2) is 5.89. The predicted molar refractivity (Wildman–Crippen MR) is 74.8 cm³/mol. The van der Waals surface area contributed by atoms with Crippen molar-refractivity contribution >= 4 is 0 Å². The van der Waals surface area contributed by atoms with E-state index < -0.39 is 0 Å². The normalized spacial score (nSPS) is 19.4. The molecule has 1 aromatic heterocycles. The zero-order valence-corrected chi connectivity index (χ0v) is 12.1. The molecule has 0 aliphatic carbocycles. The number of aryl methyl sites for hydroxylation is 2. The average molecular weight is 250 g/mol. The summed E-state index contributed by atoms with van der Waals surface area (Å²) in [6.07, 6.45) is 1.17. The van der Waals surface area contributed by atoms with Gasteiger partial charge in [-0.2, -0.15) is 0 Å². The van der Waals surface area contributed by atoms with Gasteiger partial charge in [-0.3, -0.25) is 4.90 Å². The van der Waals surface area contributed by atoms with Crippen molar-refractivity contribution in [1.29, 1.82) is 0 Å². The maximum Gasteiger partial charge on any atom is 0.121 e. The molecule has 1 saturated heterocycles. The summed E-state index contributed by atoms with van der Waals surface area (Å²) in [7, 11) is 0. The van der Waals surface area contributed by atoms with E-state index in [9.17, 15) is 0 Å². The first-order valence-corrected chi connectivity index (χ1v) is 7.09. The van der Waals surface area contributed by atoms with Crippen molar-refractivity contribution in [2.75, 3.05) is 26.2 Å². The average Bonchev–Trinajstić information content (AvgIpc) is 2.67. The summed E-state index contributed by atoms with van der Waals surface area (Å²) in [5.41, 5.74) is 1.27. The van der Waals surface area contributed by atoms with Crippen LogP contribution in [0.25, 0.3) is 0 Å². The number of piperazine rings is 1. The van der Waals surface area contributed by atoms with E-state index in [4.69, 9.17) is 4.42 Å². The van der Waals surface area contributed by atoms with Crippen molar-refractivity contribution in [3.63, 3.8) is 0 Å². The van der Waals surface area contributed by atoms with Gasteiger partial charge in [-0.1, -0.05) is 13.8 Å². The molecule has 1 aliphatic rings. The van der Waals surface area contributed by atoms with Crippen LogP contribution in [0.2, 0.25) is 0 Å². The van der Waals surface area contributed by atoms with Gasteiger partial charge in [-0.05, 0) is 37.8 Å². The van der Waals surface area contributed by atoms with Crippen LogP contribution in [-0.2, 0) is 0 Å². The lowest BCUT2D eigenvalue weighted by Crippen LogP contribution is -2.45. The van der Waals surface area contributed by atoms with Crippen molar-refractivity contribution in [2.24, 2.45) is 5.92 Å². The van der Waals surface area contributed by atoms with Crippen LogP contribution >= 0.6 is 0 Å². The molecular formula is C15H26N2O. The Bertz CT molecular complexity index is 358. The lowest BCUT2D eigenvalue weighted by atomic mass is 9.99. The Morgan fingerprint density at radius 2 is 1.94 bits per heavy atom. The predicted octanol–water partition coefficient (Wildman–Crippen LogP) is 2.89. The van der Waals surface area contributed by atoms with Crippen LogP contribution in [0.3, 0.4) is 0 Å². The molecule has 2 rings (SSSR count). The van der Waals surface area contributed by atoms with Crippen LogP contribution < -0.4 is 5.32 Å². The van der Waals surface area contributed by atoms with E-state index in [-0.39, 0.29) is 0 Å². The molecule has 1 aliphatic heterocycles. The molecule has 0 bridgehead atoms. The summed E-state index contributed by atoms with van der Waals surface area (Å²) in [6, 6.07) is 2.67. The molecule has 3 heteroatoms. The summed E-state index contributed by atoms with van der Waals surface area (Å²) in [5, 5.41) is 3.42. The van der Waals surface area contributed by atoms with E-state index in [1.54, 1.807) is 0 Å². The first kappa shape index (κ1) is 13.6. The lowest BCUT2D eigenvalue weighted by Gasteiger charge is -2.34. The number of rotatable bonds is 4. The highest BCUT2D eigenvalue weighted by molar-refractivity contribution is 5.21. The summed E-state index contributed by atoms with van der Waals surface area (Å²) in [5.74, 6) is 2.91.